The van der Waals surface area contributed by atoms with Gasteiger partial charge >= 0.3 is 0 Å². The molecule has 0 spiro atoms. The van der Waals surface area contributed by atoms with E-state index in [2.05, 4.69) is 46.4 Å². The molecular weight excluding hydrogens is 222 g/mol. The molecule has 1 aromatic carbocycles. The lowest BCUT2D eigenvalue weighted by molar-refractivity contribution is 0.497. The quantitative estimate of drug-likeness (QED) is 0.772. The maximum Gasteiger partial charge on any atom is 0.160 e. The van der Waals surface area contributed by atoms with Gasteiger partial charge in [0.25, 0.3) is 0 Å². The number of rotatable bonds is 2. The predicted octanol–water partition coefficient (Wildman–Crippen LogP) is 1.90. The molecule has 0 aromatic heterocycles. The number of para-hydroxylation sites is 2. The van der Waals surface area contributed by atoms with Crippen molar-refractivity contribution in [2.24, 2.45) is 9.98 Å². The summed E-state index contributed by atoms with van der Waals surface area (Å²) < 4.78 is 0. The molecule has 2 aliphatic rings. The minimum atomic E-state index is 0.805. The molecule has 90 valence electrons. The lowest BCUT2D eigenvalue weighted by Crippen LogP contribution is -2.19. The molecule has 2 heterocycles. The molecule has 0 bridgehead atoms. The summed E-state index contributed by atoms with van der Waals surface area (Å²) in [6, 6.07) is 7.96. The Hall–Kier alpha value is -2.16. The first-order valence-electron chi connectivity index (χ1n) is 6.26. The van der Waals surface area contributed by atoms with E-state index in [1.165, 1.54) is 0 Å². The SMILES string of the molecule is CCCN1C=CC(=C2N=c3ccccc3=N2)C=C1. The summed E-state index contributed by atoms with van der Waals surface area (Å²) in [5.74, 6) is 0.805. The average molecular weight is 237 g/mol. The molecule has 3 nitrogen and oxygen atoms in total. The molecule has 0 unspecified atom stereocenters. The molecule has 0 saturated carbocycles. The number of nitrogens with zero attached hydrogens (tertiary/aromatic N) is 3. The lowest BCUT2D eigenvalue weighted by Gasteiger charge is -2.17. The van der Waals surface area contributed by atoms with Crippen molar-refractivity contribution in [1.29, 1.82) is 0 Å². The van der Waals surface area contributed by atoms with Crippen molar-refractivity contribution in [2.75, 3.05) is 6.54 Å². The zero-order valence-corrected chi connectivity index (χ0v) is 10.4. The molecule has 3 heteroatoms. The third-order valence-corrected chi connectivity index (χ3v) is 2.97. The first-order chi connectivity index (χ1) is 8.86. The fourth-order valence-corrected chi connectivity index (χ4v) is 2.05. The van der Waals surface area contributed by atoms with Gasteiger partial charge in [0.15, 0.2) is 5.82 Å². The van der Waals surface area contributed by atoms with Gasteiger partial charge in [-0.25, -0.2) is 9.98 Å². The van der Waals surface area contributed by atoms with Gasteiger partial charge in [-0.15, -0.1) is 0 Å². The van der Waals surface area contributed by atoms with Crippen LogP contribution in [0.1, 0.15) is 13.3 Å². The van der Waals surface area contributed by atoms with Gasteiger partial charge < -0.3 is 4.90 Å². The van der Waals surface area contributed by atoms with E-state index in [1.807, 2.05) is 24.3 Å². The number of allylic oxidation sites excluding steroid dienone is 3. The molecule has 0 radical (unpaired) electrons. The van der Waals surface area contributed by atoms with E-state index in [1.54, 1.807) is 0 Å². The van der Waals surface area contributed by atoms with E-state index < -0.39 is 0 Å². The molecule has 0 aliphatic carbocycles. The Labute approximate surface area is 106 Å². The normalized spacial score (nSPS) is 16.6. The summed E-state index contributed by atoms with van der Waals surface area (Å²) in [5.41, 5.74) is 1.07. The number of hydrogen-bond acceptors (Lipinski definition) is 3. The fraction of sp³-hybridized carbons (Fsp3) is 0.200. The number of benzene rings is 1. The maximum absolute atomic E-state index is 4.54. The van der Waals surface area contributed by atoms with Gasteiger partial charge in [0.1, 0.15) is 0 Å². The zero-order chi connectivity index (χ0) is 12.4. The van der Waals surface area contributed by atoms with Crippen LogP contribution in [-0.2, 0) is 0 Å². The minimum Gasteiger partial charge on any atom is -0.354 e. The van der Waals surface area contributed by atoms with Crippen molar-refractivity contribution >= 4 is 0 Å². The van der Waals surface area contributed by atoms with Crippen LogP contribution in [0.5, 0.6) is 0 Å². The van der Waals surface area contributed by atoms with Crippen molar-refractivity contribution in [3.05, 3.63) is 70.9 Å². The van der Waals surface area contributed by atoms with Crippen LogP contribution in [0.4, 0.5) is 0 Å². The van der Waals surface area contributed by atoms with E-state index in [0.717, 1.165) is 35.1 Å². The molecule has 0 fully saturated rings. The highest BCUT2D eigenvalue weighted by Crippen LogP contribution is 2.16. The first kappa shape index (κ1) is 11.0. The topological polar surface area (TPSA) is 28.0 Å². The van der Waals surface area contributed by atoms with Gasteiger partial charge in [0, 0.05) is 24.5 Å². The maximum atomic E-state index is 4.54. The van der Waals surface area contributed by atoms with Crippen LogP contribution < -0.4 is 10.7 Å². The molecule has 3 rings (SSSR count). The summed E-state index contributed by atoms with van der Waals surface area (Å²) in [4.78, 5) is 11.2. The largest absolute Gasteiger partial charge is 0.354 e. The van der Waals surface area contributed by atoms with E-state index in [9.17, 15) is 0 Å². The first-order valence-corrected chi connectivity index (χ1v) is 6.26. The van der Waals surface area contributed by atoms with Gasteiger partial charge in [0.2, 0.25) is 0 Å². The van der Waals surface area contributed by atoms with Gasteiger partial charge in [-0.3, -0.25) is 0 Å². The summed E-state index contributed by atoms with van der Waals surface area (Å²) >= 11 is 0. The van der Waals surface area contributed by atoms with Gasteiger partial charge in [-0.2, -0.15) is 0 Å². The molecule has 0 amide bonds. The molecule has 0 atom stereocenters. The van der Waals surface area contributed by atoms with Crippen LogP contribution >= 0.6 is 0 Å². The standard InChI is InChI=1S/C15H15N3/c1-2-9-18-10-7-12(8-11-18)15-16-13-5-3-4-6-14(13)17-15/h3-8,10-11H,2,9H2,1H3. The summed E-state index contributed by atoms with van der Waals surface area (Å²) in [6.45, 7) is 3.22. The average Bonchev–Trinajstić information content (AvgIpc) is 2.84. The van der Waals surface area contributed by atoms with Crippen LogP contribution in [0.15, 0.2) is 70.2 Å². The Morgan fingerprint density at radius 1 is 1.00 bits per heavy atom. The van der Waals surface area contributed by atoms with E-state index >= 15 is 0 Å². The van der Waals surface area contributed by atoms with Crippen LogP contribution in [0.25, 0.3) is 0 Å². The predicted molar refractivity (Wildman–Crippen MR) is 71.1 cm³/mol. The van der Waals surface area contributed by atoms with Gasteiger partial charge in [0.05, 0.1) is 10.7 Å². The van der Waals surface area contributed by atoms with Crippen LogP contribution in [0.3, 0.4) is 0 Å². The third kappa shape index (κ3) is 1.99. The molecule has 2 aliphatic heterocycles. The molecular formula is C15H15N3. The highest BCUT2D eigenvalue weighted by molar-refractivity contribution is 5.38. The Bertz CT molecular complexity index is 612. The van der Waals surface area contributed by atoms with Crippen LogP contribution in [0.2, 0.25) is 0 Å². The molecule has 0 saturated heterocycles. The van der Waals surface area contributed by atoms with Gasteiger partial charge in [-0.05, 0) is 30.7 Å². The van der Waals surface area contributed by atoms with Crippen LogP contribution in [0, 0.1) is 0 Å². The Morgan fingerprint density at radius 2 is 1.61 bits per heavy atom. The van der Waals surface area contributed by atoms with Crippen LogP contribution in [-0.4, -0.2) is 11.4 Å². The highest BCUT2D eigenvalue weighted by atomic mass is 15.1. The highest BCUT2D eigenvalue weighted by Gasteiger charge is 2.08. The minimum absolute atomic E-state index is 0.805. The summed E-state index contributed by atoms with van der Waals surface area (Å²) in [6.07, 6.45) is 9.45. The fourth-order valence-electron chi connectivity index (χ4n) is 2.05. The van der Waals surface area contributed by atoms with Gasteiger partial charge in [-0.1, -0.05) is 19.1 Å². The Morgan fingerprint density at radius 3 is 2.17 bits per heavy atom. The van der Waals surface area contributed by atoms with E-state index in [-0.39, 0.29) is 0 Å². The number of fused-ring (bicyclic) bond motifs is 1. The monoisotopic (exact) mass is 237 g/mol. The van der Waals surface area contributed by atoms with Crippen molar-refractivity contribution in [3.8, 4) is 0 Å². The number of hydrogen-bond donors (Lipinski definition) is 0. The van der Waals surface area contributed by atoms with Crippen molar-refractivity contribution in [1.82, 2.24) is 4.90 Å². The lowest BCUT2D eigenvalue weighted by atomic mass is 10.2. The van der Waals surface area contributed by atoms with Crippen molar-refractivity contribution < 1.29 is 0 Å². The molecule has 1 aromatic rings. The summed E-state index contributed by atoms with van der Waals surface area (Å²) in [7, 11) is 0. The Balaban J connectivity index is 1.94. The van der Waals surface area contributed by atoms with E-state index in [4.69, 9.17) is 0 Å². The zero-order valence-electron chi connectivity index (χ0n) is 10.4. The summed E-state index contributed by atoms with van der Waals surface area (Å²) in [5, 5.41) is 1.91. The van der Waals surface area contributed by atoms with Crippen molar-refractivity contribution in [2.45, 2.75) is 13.3 Å². The van der Waals surface area contributed by atoms with E-state index in [0.29, 0.717) is 0 Å². The molecule has 18 heavy (non-hydrogen) atoms. The smallest absolute Gasteiger partial charge is 0.160 e. The second-order valence-corrected chi connectivity index (χ2v) is 4.36. The molecule has 0 N–H and O–H groups in total. The second-order valence-electron chi connectivity index (χ2n) is 4.36. The third-order valence-electron chi connectivity index (χ3n) is 2.97. The van der Waals surface area contributed by atoms with Crippen molar-refractivity contribution in [3.63, 3.8) is 0 Å². The second kappa shape index (κ2) is 4.61. The Kier molecular flexibility index (Phi) is 2.81.